The van der Waals surface area contributed by atoms with E-state index >= 15 is 0 Å². The highest BCUT2D eigenvalue weighted by molar-refractivity contribution is 5.69. The summed E-state index contributed by atoms with van der Waals surface area (Å²) in [6, 6.07) is 55.4. The summed E-state index contributed by atoms with van der Waals surface area (Å²) in [6.45, 7) is 6.10. The van der Waals surface area contributed by atoms with Crippen molar-refractivity contribution in [2.75, 3.05) is 13.2 Å². The van der Waals surface area contributed by atoms with Gasteiger partial charge < -0.3 is 14.2 Å². The first-order chi connectivity index (χ1) is 37.2. The van der Waals surface area contributed by atoms with Crippen LogP contribution in [0.1, 0.15) is 251 Å². The molecule has 3 nitrogen and oxygen atoms in total. The fourth-order valence-corrected chi connectivity index (χ4v) is 11.9. The summed E-state index contributed by atoms with van der Waals surface area (Å²) in [5, 5.41) is 0. The van der Waals surface area contributed by atoms with E-state index in [1.165, 1.54) is 219 Å². The number of benzene rings is 6. The molecule has 3 heteroatoms. The van der Waals surface area contributed by atoms with E-state index in [1.54, 1.807) is 0 Å². The number of hydrogen-bond donors (Lipinski definition) is 0. The summed E-state index contributed by atoms with van der Waals surface area (Å²) < 4.78 is 19.8. The molecule has 75 heavy (non-hydrogen) atoms. The minimum Gasteiger partial charge on any atom is -0.494 e. The Morgan fingerprint density at radius 3 is 1.13 bits per heavy atom. The lowest BCUT2D eigenvalue weighted by atomic mass is 9.62. The highest BCUT2D eigenvalue weighted by Crippen LogP contribution is 2.55. The Morgan fingerprint density at radius 1 is 0.333 bits per heavy atom. The normalized spacial score (nSPS) is 13.0. The highest BCUT2D eigenvalue weighted by atomic mass is 16.5. The van der Waals surface area contributed by atoms with E-state index in [-0.39, 0.29) is 5.92 Å². The van der Waals surface area contributed by atoms with E-state index in [4.69, 9.17) is 14.2 Å². The molecule has 6 aromatic rings. The van der Waals surface area contributed by atoms with E-state index in [0.29, 0.717) is 0 Å². The second-order valence-corrected chi connectivity index (χ2v) is 22.0. The number of para-hydroxylation sites is 1. The Bertz CT molecular complexity index is 2360. The molecule has 0 radical (unpaired) electrons. The lowest BCUT2D eigenvalue weighted by Gasteiger charge is -2.41. The average Bonchev–Trinajstić information content (AvgIpc) is 3.46. The molecule has 0 spiro atoms. The molecule has 402 valence electrons. The number of hydrogen-bond acceptors (Lipinski definition) is 3. The van der Waals surface area contributed by atoms with Gasteiger partial charge in [0, 0.05) is 17.0 Å². The third-order valence-electron chi connectivity index (χ3n) is 16.2. The summed E-state index contributed by atoms with van der Waals surface area (Å²) in [6.07, 6.45) is 40.9. The maximum Gasteiger partial charge on any atom is 0.131 e. The molecule has 6 aromatic carbocycles. The number of fused-ring (bicyclic) bond motifs is 2. The molecule has 1 heterocycles. The van der Waals surface area contributed by atoms with Gasteiger partial charge in [-0.2, -0.15) is 0 Å². The minimum absolute atomic E-state index is 0.0740. The molecule has 1 aliphatic heterocycles. The smallest absolute Gasteiger partial charge is 0.131 e. The molecule has 0 saturated carbocycles. The van der Waals surface area contributed by atoms with E-state index in [2.05, 4.69) is 166 Å². The number of ether oxygens (including phenoxy) is 3. The van der Waals surface area contributed by atoms with Crippen LogP contribution >= 0.6 is 0 Å². The predicted octanol–water partition coefficient (Wildman–Crippen LogP) is 21.9. The van der Waals surface area contributed by atoms with Crippen LogP contribution in [-0.2, 0) is 5.41 Å². The molecule has 7 rings (SSSR count). The van der Waals surface area contributed by atoms with Gasteiger partial charge in [0.05, 0.1) is 18.6 Å². The Kier molecular flexibility index (Phi) is 25.8. The van der Waals surface area contributed by atoms with Crippen molar-refractivity contribution in [3.8, 4) is 23.0 Å². The van der Waals surface area contributed by atoms with Crippen molar-refractivity contribution in [2.45, 2.75) is 218 Å². The molecule has 0 aromatic heterocycles. The quantitative estimate of drug-likeness (QED) is 0.0284. The van der Waals surface area contributed by atoms with Crippen LogP contribution in [-0.4, -0.2) is 13.2 Å². The van der Waals surface area contributed by atoms with Gasteiger partial charge in [-0.1, -0.05) is 309 Å². The average molecular weight is 1010 g/mol. The Morgan fingerprint density at radius 2 is 0.693 bits per heavy atom. The van der Waals surface area contributed by atoms with Crippen molar-refractivity contribution in [2.24, 2.45) is 0 Å². The molecule has 1 aliphatic rings. The first-order valence-corrected chi connectivity index (χ1v) is 30.7. The van der Waals surface area contributed by atoms with Gasteiger partial charge in [-0.05, 0) is 77.1 Å². The van der Waals surface area contributed by atoms with Gasteiger partial charge >= 0.3 is 0 Å². The topological polar surface area (TPSA) is 27.7 Å². The minimum atomic E-state index is -0.676. The molecular weight excluding hydrogens is 913 g/mol. The zero-order chi connectivity index (χ0) is 51.9. The van der Waals surface area contributed by atoms with Crippen LogP contribution in [0.25, 0.3) is 0 Å². The van der Waals surface area contributed by atoms with E-state index < -0.39 is 5.41 Å². The maximum absolute atomic E-state index is 6.93. The highest BCUT2D eigenvalue weighted by Gasteiger charge is 2.44. The van der Waals surface area contributed by atoms with Crippen LogP contribution in [0.3, 0.4) is 0 Å². The monoisotopic (exact) mass is 1010 g/mol. The lowest BCUT2D eigenvalue weighted by Crippen LogP contribution is -2.33. The van der Waals surface area contributed by atoms with Gasteiger partial charge in [0.1, 0.15) is 23.0 Å². The fraction of sp³-hybridized carbons (Fsp3) is 0.500. The van der Waals surface area contributed by atoms with Gasteiger partial charge in [0.25, 0.3) is 0 Å². The van der Waals surface area contributed by atoms with E-state index in [1.807, 2.05) is 0 Å². The third-order valence-corrected chi connectivity index (χ3v) is 16.2. The third kappa shape index (κ3) is 17.6. The first kappa shape index (κ1) is 57.4. The van der Waals surface area contributed by atoms with Crippen molar-refractivity contribution in [3.63, 3.8) is 0 Å². The zero-order valence-electron chi connectivity index (χ0n) is 46.9. The Labute approximate surface area is 456 Å². The van der Waals surface area contributed by atoms with Gasteiger partial charge in [0.2, 0.25) is 0 Å². The summed E-state index contributed by atoms with van der Waals surface area (Å²) in [7, 11) is 0. The van der Waals surface area contributed by atoms with Gasteiger partial charge in [-0.25, -0.2) is 0 Å². The van der Waals surface area contributed by atoms with Crippen LogP contribution in [0, 0.1) is 0 Å². The molecule has 1 atom stereocenters. The number of rotatable bonds is 39. The summed E-state index contributed by atoms with van der Waals surface area (Å²) >= 11 is 0. The molecule has 0 aliphatic carbocycles. The van der Waals surface area contributed by atoms with Gasteiger partial charge in [0.15, 0.2) is 0 Å². The Hall–Kier alpha value is -5.28. The van der Waals surface area contributed by atoms with E-state index in [9.17, 15) is 0 Å². The molecule has 0 bridgehead atoms. The largest absolute Gasteiger partial charge is 0.494 e. The van der Waals surface area contributed by atoms with Gasteiger partial charge in [-0.15, -0.1) is 0 Å². The molecule has 1 unspecified atom stereocenters. The van der Waals surface area contributed by atoms with Crippen molar-refractivity contribution in [3.05, 3.63) is 191 Å². The Balaban J connectivity index is 0.995. The first-order valence-electron chi connectivity index (χ1n) is 30.7. The van der Waals surface area contributed by atoms with Crippen molar-refractivity contribution in [1.82, 2.24) is 0 Å². The molecule has 0 amide bonds. The molecule has 0 fully saturated rings. The maximum atomic E-state index is 6.93. The van der Waals surface area contributed by atoms with Crippen molar-refractivity contribution >= 4 is 0 Å². The van der Waals surface area contributed by atoms with Crippen molar-refractivity contribution in [1.29, 1.82) is 0 Å². The van der Waals surface area contributed by atoms with Gasteiger partial charge in [-0.3, -0.25) is 0 Å². The number of unbranched alkanes of at least 4 members (excludes halogenated alkanes) is 28. The standard InChI is InChI=1S/C72H96O3/c1-3-5-7-9-11-13-15-17-19-20-22-24-25-27-29-39-58-73-64-54-50-60(51-55-64)70-66-46-37-38-48-68(66)75-69-49-41-47-67(71(69)70)72(61-42-33-31-34-43-61,62-44-35-32-36-45-62)63-52-56-65(57-53-63)74-59-40-30-28-26-23-21-18-16-14-12-10-8-6-4-2/h31-38,41-57,70H,3-30,39-40,58-59H2,1-2H3. The lowest BCUT2D eigenvalue weighted by molar-refractivity contribution is 0.304. The second-order valence-electron chi connectivity index (χ2n) is 22.0. The molecule has 0 saturated heterocycles. The molecular formula is C72H96O3. The SMILES string of the molecule is CCCCCCCCCCCCCCCCCCOc1ccc(C2c3ccccc3Oc3cccc(C(c4ccccc4)(c4ccccc4)c4ccc(OCCCCCCCCCCCCCCCC)cc4)c32)cc1. The fourth-order valence-electron chi connectivity index (χ4n) is 11.9. The van der Waals surface area contributed by atoms with E-state index in [0.717, 1.165) is 49.1 Å². The zero-order valence-corrected chi connectivity index (χ0v) is 46.9. The van der Waals surface area contributed by atoms with Crippen LogP contribution in [0.4, 0.5) is 0 Å². The van der Waals surface area contributed by atoms with Crippen molar-refractivity contribution < 1.29 is 14.2 Å². The molecule has 0 N–H and O–H groups in total. The predicted molar refractivity (Wildman–Crippen MR) is 320 cm³/mol. The van der Waals surface area contributed by atoms with Crippen LogP contribution in [0.2, 0.25) is 0 Å². The van der Waals surface area contributed by atoms with Crippen LogP contribution in [0.15, 0.2) is 152 Å². The van der Waals surface area contributed by atoms with Crippen LogP contribution in [0.5, 0.6) is 23.0 Å². The second kappa shape index (κ2) is 33.7. The summed E-state index contributed by atoms with van der Waals surface area (Å²) in [4.78, 5) is 0. The van der Waals surface area contributed by atoms with Crippen LogP contribution < -0.4 is 14.2 Å². The summed E-state index contributed by atoms with van der Waals surface area (Å²) in [5.41, 5.74) is 7.70. The summed E-state index contributed by atoms with van der Waals surface area (Å²) in [5.74, 6) is 3.58.